The summed E-state index contributed by atoms with van der Waals surface area (Å²) in [5.74, 6) is 1.32. The molecule has 0 radical (unpaired) electrons. The lowest BCUT2D eigenvalue weighted by atomic mass is 9.98. The molecule has 0 unspecified atom stereocenters. The summed E-state index contributed by atoms with van der Waals surface area (Å²) in [7, 11) is 0. The average molecular weight is 617 g/mol. The number of hydrogen-bond donors (Lipinski definition) is 2. The molecule has 2 amide bonds. The van der Waals surface area contributed by atoms with Gasteiger partial charge in [-0.25, -0.2) is 24.7 Å². The number of benzene rings is 1. The van der Waals surface area contributed by atoms with Gasteiger partial charge in [-0.15, -0.1) is 0 Å². The molecule has 11 nitrogen and oxygen atoms in total. The van der Waals surface area contributed by atoms with Gasteiger partial charge in [0.1, 0.15) is 11.4 Å². The second-order valence-electron chi connectivity index (χ2n) is 10.8. The largest absolute Gasteiger partial charge is 0.490 e. The van der Waals surface area contributed by atoms with Gasteiger partial charge in [-0.05, 0) is 69.0 Å². The summed E-state index contributed by atoms with van der Waals surface area (Å²) >= 11 is 1.36. The van der Waals surface area contributed by atoms with Crippen LogP contribution in [0, 0.1) is 13.8 Å². The maximum Gasteiger partial charge on any atom is 0.321 e. The van der Waals surface area contributed by atoms with Crippen LogP contribution in [0.25, 0.3) is 33.3 Å². The van der Waals surface area contributed by atoms with E-state index < -0.39 is 0 Å². The maximum absolute atomic E-state index is 12.6. The third-order valence-corrected chi connectivity index (χ3v) is 8.45. The molecule has 232 valence electrons. The van der Waals surface area contributed by atoms with Gasteiger partial charge in [0.05, 0.1) is 41.8 Å². The summed E-state index contributed by atoms with van der Waals surface area (Å²) in [5.41, 5.74) is 5.13. The number of aromatic nitrogens is 5. The summed E-state index contributed by atoms with van der Waals surface area (Å²) in [6.07, 6.45) is 9.57. The van der Waals surface area contributed by atoms with Crippen molar-refractivity contribution in [3.8, 4) is 39.1 Å². The van der Waals surface area contributed by atoms with Crippen molar-refractivity contribution in [1.82, 2.24) is 35.1 Å². The standard InChI is InChI=1S/C32H40N8O3S/c1-5-23(6-2)43-24-16-21(3)29(22(4)17-24)26-18-25(37-30(38-26)27-19-33-9-10-34-27)28-20-36-32(44-28)39-31(41)35-8-7-11-40-12-14-42-15-13-40/h9-10,16-20,23H,5-8,11-15H2,1-4H3,(H2,35,36,39,41). The van der Waals surface area contributed by atoms with Crippen LogP contribution in [-0.2, 0) is 4.74 Å². The first kappa shape index (κ1) is 31.4. The van der Waals surface area contributed by atoms with Gasteiger partial charge in [0.2, 0.25) is 0 Å². The van der Waals surface area contributed by atoms with E-state index in [1.807, 2.05) is 6.07 Å². The van der Waals surface area contributed by atoms with Crippen LogP contribution in [0.1, 0.15) is 44.2 Å². The van der Waals surface area contributed by atoms with E-state index in [4.69, 9.17) is 19.4 Å². The van der Waals surface area contributed by atoms with E-state index in [0.717, 1.165) is 85.1 Å². The first-order valence-electron chi connectivity index (χ1n) is 15.2. The lowest BCUT2D eigenvalue weighted by Crippen LogP contribution is -2.38. The molecule has 0 bridgehead atoms. The molecule has 0 saturated carbocycles. The molecule has 1 aromatic carbocycles. The number of morpholine rings is 1. The zero-order valence-electron chi connectivity index (χ0n) is 25.8. The Bertz CT molecular complexity index is 1510. The SMILES string of the molecule is CCC(CC)Oc1cc(C)c(-c2cc(-c3cnc(NC(=O)NCCCN4CCOCC4)s3)nc(-c3cnccn3)n2)c(C)c1. The molecule has 1 fully saturated rings. The van der Waals surface area contributed by atoms with Crippen LogP contribution < -0.4 is 15.4 Å². The van der Waals surface area contributed by atoms with Crippen molar-refractivity contribution in [3.05, 3.63) is 54.1 Å². The molecule has 3 aromatic heterocycles. The molecule has 0 spiro atoms. The zero-order valence-corrected chi connectivity index (χ0v) is 26.6. The van der Waals surface area contributed by atoms with Crippen molar-refractivity contribution in [2.24, 2.45) is 0 Å². The van der Waals surface area contributed by atoms with Crippen LogP contribution in [0.4, 0.5) is 9.93 Å². The summed E-state index contributed by atoms with van der Waals surface area (Å²) in [6.45, 7) is 13.4. The molecule has 5 rings (SSSR count). The van der Waals surface area contributed by atoms with E-state index in [0.29, 0.717) is 28.9 Å². The van der Waals surface area contributed by atoms with Crippen molar-refractivity contribution in [2.45, 2.75) is 53.1 Å². The van der Waals surface area contributed by atoms with Crippen LogP contribution in [0.3, 0.4) is 0 Å². The van der Waals surface area contributed by atoms with Gasteiger partial charge in [0, 0.05) is 43.8 Å². The highest BCUT2D eigenvalue weighted by atomic mass is 32.1. The minimum Gasteiger partial charge on any atom is -0.490 e. The van der Waals surface area contributed by atoms with Crippen molar-refractivity contribution in [3.63, 3.8) is 0 Å². The van der Waals surface area contributed by atoms with Crippen molar-refractivity contribution in [2.75, 3.05) is 44.7 Å². The fourth-order valence-corrected chi connectivity index (χ4v) is 5.97. The number of anilines is 1. The Hall–Kier alpha value is -4.00. The van der Waals surface area contributed by atoms with E-state index in [9.17, 15) is 4.79 Å². The zero-order chi connectivity index (χ0) is 30.9. The van der Waals surface area contributed by atoms with Crippen molar-refractivity contribution < 1.29 is 14.3 Å². The summed E-state index contributed by atoms with van der Waals surface area (Å²) in [5, 5.41) is 6.27. The molecule has 44 heavy (non-hydrogen) atoms. The highest BCUT2D eigenvalue weighted by Gasteiger charge is 2.18. The van der Waals surface area contributed by atoms with E-state index in [1.54, 1.807) is 24.8 Å². The number of amides is 2. The third kappa shape index (κ3) is 8.13. The van der Waals surface area contributed by atoms with Crippen LogP contribution in [-0.4, -0.2) is 81.3 Å². The number of carbonyl (C=O) groups excluding carboxylic acids is 1. The molecule has 12 heteroatoms. The fourth-order valence-electron chi connectivity index (χ4n) is 5.20. The molecule has 1 aliphatic rings. The smallest absolute Gasteiger partial charge is 0.321 e. The number of hydrogen-bond acceptors (Lipinski definition) is 10. The van der Waals surface area contributed by atoms with Gasteiger partial charge in [-0.3, -0.25) is 15.2 Å². The Balaban J connectivity index is 1.35. The first-order chi connectivity index (χ1) is 21.4. The Labute approximate surface area is 262 Å². The van der Waals surface area contributed by atoms with Crippen LogP contribution in [0.2, 0.25) is 0 Å². The second-order valence-corrected chi connectivity index (χ2v) is 11.8. The Morgan fingerprint density at radius 1 is 1.00 bits per heavy atom. The molecule has 4 heterocycles. The van der Waals surface area contributed by atoms with Gasteiger partial charge >= 0.3 is 6.03 Å². The minimum atomic E-state index is -0.279. The number of aryl methyl sites for hydroxylation is 2. The quantitative estimate of drug-likeness (QED) is 0.191. The van der Waals surface area contributed by atoms with Gasteiger partial charge in [-0.2, -0.15) is 0 Å². The maximum atomic E-state index is 12.6. The van der Waals surface area contributed by atoms with Crippen molar-refractivity contribution >= 4 is 22.5 Å². The molecule has 0 atom stereocenters. The highest BCUT2D eigenvalue weighted by molar-refractivity contribution is 7.19. The number of urea groups is 1. The molecular formula is C32H40N8O3S. The topological polar surface area (TPSA) is 127 Å². The lowest BCUT2D eigenvalue weighted by Gasteiger charge is -2.26. The fraction of sp³-hybridized carbons (Fsp3) is 0.438. The highest BCUT2D eigenvalue weighted by Crippen LogP contribution is 2.35. The number of nitrogens with one attached hydrogen (secondary N) is 2. The summed E-state index contributed by atoms with van der Waals surface area (Å²) < 4.78 is 11.6. The summed E-state index contributed by atoms with van der Waals surface area (Å²) in [6, 6.07) is 5.82. The number of thiazole rings is 1. The third-order valence-electron chi connectivity index (χ3n) is 7.51. The first-order valence-corrected chi connectivity index (χ1v) is 16.0. The second kappa shape index (κ2) is 15.1. The molecule has 1 aliphatic heterocycles. The molecule has 2 N–H and O–H groups in total. The minimum absolute atomic E-state index is 0.180. The summed E-state index contributed by atoms with van der Waals surface area (Å²) in [4.78, 5) is 38.6. The number of nitrogens with zero attached hydrogens (tertiary/aromatic N) is 6. The molecule has 1 saturated heterocycles. The van der Waals surface area contributed by atoms with Gasteiger partial charge in [0.25, 0.3) is 0 Å². The Morgan fingerprint density at radius 3 is 2.45 bits per heavy atom. The van der Waals surface area contributed by atoms with Gasteiger partial charge < -0.3 is 14.8 Å². The van der Waals surface area contributed by atoms with Crippen LogP contribution >= 0.6 is 11.3 Å². The Kier molecular flexibility index (Phi) is 10.8. The Morgan fingerprint density at radius 2 is 1.75 bits per heavy atom. The molecular weight excluding hydrogens is 576 g/mol. The predicted molar refractivity (Wildman–Crippen MR) is 173 cm³/mol. The van der Waals surface area contributed by atoms with E-state index >= 15 is 0 Å². The normalized spacial score (nSPS) is 13.7. The van der Waals surface area contributed by atoms with Gasteiger partial charge in [-0.1, -0.05) is 25.2 Å². The predicted octanol–water partition coefficient (Wildman–Crippen LogP) is 5.75. The monoisotopic (exact) mass is 616 g/mol. The van der Waals surface area contributed by atoms with Gasteiger partial charge in [0.15, 0.2) is 11.0 Å². The van der Waals surface area contributed by atoms with Crippen LogP contribution in [0.15, 0.2) is 43.0 Å². The van der Waals surface area contributed by atoms with E-state index in [1.165, 1.54) is 11.3 Å². The number of rotatable bonds is 12. The van der Waals surface area contributed by atoms with Crippen molar-refractivity contribution in [1.29, 1.82) is 0 Å². The van der Waals surface area contributed by atoms with Crippen LogP contribution in [0.5, 0.6) is 5.75 Å². The average Bonchev–Trinajstić information content (AvgIpc) is 3.51. The number of ether oxygens (including phenoxy) is 2. The van der Waals surface area contributed by atoms with E-state index in [-0.39, 0.29) is 12.1 Å². The molecule has 0 aliphatic carbocycles. The van der Waals surface area contributed by atoms with E-state index in [2.05, 4.69) is 70.3 Å². The molecule has 4 aromatic rings. The lowest BCUT2D eigenvalue weighted by molar-refractivity contribution is 0.0375. The number of carbonyl (C=O) groups is 1.